The van der Waals surface area contributed by atoms with E-state index in [1.165, 1.54) is 0 Å². The van der Waals surface area contributed by atoms with Gasteiger partial charge in [0.25, 0.3) is 0 Å². The van der Waals surface area contributed by atoms with Gasteiger partial charge in [-0.3, -0.25) is 9.88 Å². The molecule has 2 rings (SSSR count). The third-order valence-corrected chi connectivity index (χ3v) is 3.80. The number of halogens is 1. The fourth-order valence-electron chi connectivity index (χ4n) is 2.36. The second-order valence-corrected chi connectivity index (χ2v) is 5.14. The predicted octanol–water partition coefficient (Wildman–Crippen LogP) is 1.63. The van der Waals surface area contributed by atoms with Gasteiger partial charge in [-0.1, -0.05) is 11.6 Å². The Labute approximate surface area is 113 Å². The van der Waals surface area contributed by atoms with Crippen LogP contribution in [0, 0.1) is 0 Å². The van der Waals surface area contributed by atoms with Crippen LogP contribution in [0.4, 0.5) is 5.69 Å². The maximum atomic E-state index is 9.22. The fraction of sp³-hybridized carbons (Fsp3) is 0.615. The van der Waals surface area contributed by atoms with E-state index in [1.54, 1.807) is 12.4 Å². The molecule has 1 atom stereocenters. The summed E-state index contributed by atoms with van der Waals surface area (Å²) in [5.41, 5.74) is 1.06. The van der Waals surface area contributed by atoms with Crippen molar-refractivity contribution >= 4 is 17.3 Å². The van der Waals surface area contributed by atoms with Gasteiger partial charge in [0.15, 0.2) is 0 Å². The van der Waals surface area contributed by atoms with Crippen molar-refractivity contribution in [1.82, 2.24) is 9.88 Å². The highest BCUT2D eigenvalue weighted by Gasteiger charge is 2.19. The van der Waals surface area contributed by atoms with Crippen LogP contribution in [0.15, 0.2) is 18.5 Å². The van der Waals surface area contributed by atoms with Crippen LogP contribution in [0.2, 0.25) is 5.02 Å². The summed E-state index contributed by atoms with van der Waals surface area (Å²) in [5.74, 6) is 0. The predicted molar refractivity (Wildman–Crippen MR) is 74.2 cm³/mol. The van der Waals surface area contributed by atoms with Crippen molar-refractivity contribution < 1.29 is 5.11 Å². The van der Waals surface area contributed by atoms with Crippen LogP contribution in [-0.4, -0.2) is 53.8 Å². The molecule has 0 spiro atoms. The molecule has 0 radical (unpaired) electrons. The first-order chi connectivity index (χ1) is 8.72. The van der Waals surface area contributed by atoms with Crippen molar-refractivity contribution in [2.24, 2.45) is 0 Å². The van der Waals surface area contributed by atoms with Crippen LogP contribution in [-0.2, 0) is 0 Å². The molecule has 1 saturated heterocycles. The summed E-state index contributed by atoms with van der Waals surface area (Å²) in [7, 11) is 0. The normalized spacial score (nSPS) is 19.6. The number of hydrogen-bond acceptors (Lipinski definition) is 4. The SMILES string of the molecule is C[C@H](CO)N1CCCN(c2ccncc2Cl)CC1. The van der Waals surface area contributed by atoms with Gasteiger partial charge in [0.2, 0.25) is 0 Å². The van der Waals surface area contributed by atoms with Crippen molar-refractivity contribution in [3.63, 3.8) is 0 Å². The van der Waals surface area contributed by atoms with Crippen molar-refractivity contribution in [2.45, 2.75) is 19.4 Å². The molecule has 100 valence electrons. The summed E-state index contributed by atoms with van der Waals surface area (Å²) in [6, 6.07) is 2.20. The number of nitrogens with zero attached hydrogens (tertiary/aromatic N) is 3. The monoisotopic (exact) mass is 269 g/mol. The van der Waals surface area contributed by atoms with E-state index in [0.29, 0.717) is 5.02 Å². The van der Waals surface area contributed by atoms with E-state index in [9.17, 15) is 5.11 Å². The molecule has 18 heavy (non-hydrogen) atoms. The maximum absolute atomic E-state index is 9.22. The maximum Gasteiger partial charge on any atom is 0.0822 e. The lowest BCUT2D eigenvalue weighted by atomic mass is 10.3. The molecule has 1 fully saturated rings. The van der Waals surface area contributed by atoms with Crippen LogP contribution in [0.3, 0.4) is 0 Å². The lowest BCUT2D eigenvalue weighted by Gasteiger charge is -2.27. The number of aliphatic hydroxyl groups excluding tert-OH is 1. The third kappa shape index (κ3) is 3.13. The van der Waals surface area contributed by atoms with Crippen LogP contribution >= 0.6 is 11.6 Å². The molecule has 1 aliphatic rings. The number of aliphatic hydroxyl groups is 1. The molecular formula is C13H20ClN3O. The van der Waals surface area contributed by atoms with Crippen molar-refractivity contribution in [1.29, 1.82) is 0 Å². The molecule has 0 bridgehead atoms. The van der Waals surface area contributed by atoms with E-state index in [-0.39, 0.29) is 12.6 Å². The Morgan fingerprint density at radius 2 is 2.22 bits per heavy atom. The Morgan fingerprint density at radius 3 is 2.94 bits per heavy atom. The van der Waals surface area contributed by atoms with Crippen LogP contribution in [0.5, 0.6) is 0 Å². The smallest absolute Gasteiger partial charge is 0.0822 e. The summed E-state index contributed by atoms with van der Waals surface area (Å²) in [4.78, 5) is 8.65. The Morgan fingerprint density at radius 1 is 1.39 bits per heavy atom. The quantitative estimate of drug-likeness (QED) is 0.905. The molecule has 0 saturated carbocycles. The number of pyridine rings is 1. The highest BCUT2D eigenvalue weighted by molar-refractivity contribution is 6.33. The molecule has 0 aliphatic carbocycles. The zero-order valence-corrected chi connectivity index (χ0v) is 11.5. The van der Waals surface area contributed by atoms with Crippen LogP contribution in [0.25, 0.3) is 0 Å². The van der Waals surface area contributed by atoms with Gasteiger partial charge >= 0.3 is 0 Å². The first-order valence-corrected chi connectivity index (χ1v) is 6.79. The van der Waals surface area contributed by atoms with Crippen LogP contribution in [0.1, 0.15) is 13.3 Å². The molecular weight excluding hydrogens is 250 g/mol. The zero-order chi connectivity index (χ0) is 13.0. The first-order valence-electron chi connectivity index (χ1n) is 6.41. The average molecular weight is 270 g/mol. The van der Waals surface area contributed by atoms with Crippen molar-refractivity contribution in [3.8, 4) is 0 Å². The topological polar surface area (TPSA) is 39.6 Å². The fourth-order valence-corrected chi connectivity index (χ4v) is 2.60. The highest BCUT2D eigenvalue weighted by atomic mass is 35.5. The van der Waals surface area contributed by atoms with Gasteiger partial charge in [0.05, 0.1) is 17.3 Å². The Bertz CT molecular complexity index is 388. The number of anilines is 1. The molecule has 1 aliphatic heterocycles. The summed E-state index contributed by atoms with van der Waals surface area (Å²) in [6.45, 7) is 6.21. The minimum Gasteiger partial charge on any atom is -0.395 e. The van der Waals surface area contributed by atoms with E-state index in [0.717, 1.165) is 38.3 Å². The standard InChI is InChI=1S/C13H20ClN3O/c1-11(10-18)16-5-2-6-17(8-7-16)13-3-4-15-9-12(13)14/h3-4,9,11,18H,2,5-8,10H2,1H3/t11-/m1/s1. The molecule has 1 N–H and O–H groups in total. The lowest BCUT2D eigenvalue weighted by molar-refractivity contribution is 0.141. The summed E-state index contributed by atoms with van der Waals surface area (Å²) >= 11 is 6.18. The van der Waals surface area contributed by atoms with Crippen molar-refractivity contribution in [2.75, 3.05) is 37.7 Å². The second kappa shape index (κ2) is 6.36. The molecule has 1 aromatic rings. The Hall–Kier alpha value is -0.840. The van der Waals surface area contributed by atoms with Gasteiger partial charge in [-0.05, 0) is 19.4 Å². The molecule has 5 heteroatoms. The van der Waals surface area contributed by atoms with Crippen molar-refractivity contribution in [3.05, 3.63) is 23.5 Å². The van der Waals surface area contributed by atoms with Gasteiger partial charge in [-0.25, -0.2) is 0 Å². The van der Waals surface area contributed by atoms with Gasteiger partial charge < -0.3 is 10.0 Å². The molecule has 0 unspecified atom stereocenters. The molecule has 2 heterocycles. The third-order valence-electron chi connectivity index (χ3n) is 3.51. The van der Waals surface area contributed by atoms with E-state index in [1.807, 2.05) is 6.07 Å². The first kappa shape index (κ1) is 13.6. The van der Waals surface area contributed by atoms with E-state index in [2.05, 4.69) is 21.7 Å². The molecule has 1 aromatic heterocycles. The number of aromatic nitrogens is 1. The Balaban J connectivity index is 2.03. The molecule has 0 amide bonds. The molecule has 4 nitrogen and oxygen atoms in total. The van der Waals surface area contributed by atoms with Crippen LogP contribution < -0.4 is 4.90 Å². The highest BCUT2D eigenvalue weighted by Crippen LogP contribution is 2.25. The largest absolute Gasteiger partial charge is 0.395 e. The second-order valence-electron chi connectivity index (χ2n) is 4.74. The van der Waals surface area contributed by atoms with Gasteiger partial charge in [-0.15, -0.1) is 0 Å². The van der Waals surface area contributed by atoms with Gasteiger partial charge in [-0.2, -0.15) is 0 Å². The Kier molecular flexibility index (Phi) is 4.80. The summed E-state index contributed by atoms with van der Waals surface area (Å²) in [5, 5.41) is 9.93. The summed E-state index contributed by atoms with van der Waals surface area (Å²) < 4.78 is 0. The van der Waals surface area contributed by atoms with Gasteiger partial charge in [0.1, 0.15) is 0 Å². The zero-order valence-electron chi connectivity index (χ0n) is 10.7. The molecule has 0 aromatic carbocycles. The van der Waals surface area contributed by atoms with E-state index < -0.39 is 0 Å². The number of hydrogen-bond donors (Lipinski definition) is 1. The minimum atomic E-state index is 0.218. The minimum absolute atomic E-state index is 0.218. The van der Waals surface area contributed by atoms with Gasteiger partial charge in [0, 0.05) is 44.6 Å². The summed E-state index contributed by atoms with van der Waals surface area (Å²) in [6.07, 6.45) is 4.55. The number of rotatable bonds is 3. The van der Waals surface area contributed by atoms with E-state index in [4.69, 9.17) is 11.6 Å². The lowest BCUT2D eigenvalue weighted by Crippen LogP contribution is -2.38. The van der Waals surface area contributed by atoms with E-state index >= 15 is 0 Å². The average Bonchev–Trinajstić information content (AvgIpc) is 2.64.